The van der Waals surface area contributed by atoms with E-state index in [4.69, 9.17) is 4.74 Å². The number of rotatable bonds is 13. The molecule has 0 aromatic carbocycles. The first-order valence-electron chi connectivity index (χ1n) is 9.72. The smallest absolute Gasteiger partial charge is 0.246 e. The highest BCUT2D eigenvalue weighted by molar-refractivity contribution is 5.77. The predicted molar refractivity (Wildman–Crippen MR) is 110 cm³/mol. The van der Waals surface area contributed by atoms with Crippen LogP contribution in [0.4, 0.5) is 0 Å². The van der Waals surface area contributed by atoms with Crippen molar-refractivity contribution in [2.24, 2.45) is 0 Å². The summed E-state index contributed by atoms with van der Waals surface area (Å²) in [7, 11) is 1.46. The molecule has 2 heterocycles. The van der Waals surface area contributed by atoms with Gasteiger partial charge in [-0.2, -0.15) is 0 Å². The maximum atomic E-state index is 12.0. The second-order valence-corrected chi connectivity index (χ2v) is 6.59. The standard InChI is InChI=1S/C21H29N5O3/c1-29-17-21(28)25-13-12-24-20(27)9-6-14-26(15-18-7-2-4-10-22-18)16-19-8-3-5-11-23-19/h2-5,7-8,10-11H,6,9,12-17H2,1H3,(H,24,27)(H,25,28). The molecule has 0 saturated heterocycles. The number of hydrogen-bond acceptors (Lipinski definition) is 6. The third-order valence-electron chi connectivity index (χ3n) is 4.15. The molecule has 0 spiro atoms. The van der Waals surface area contributed by atoms with Gasteiger partial charge in [-0.25, -0.2) is 0 Å². The molecule has 0 aliphatic carbocycles. The molecule has 2 N–H and O–H groups in total. The van der Waals surface area contributed by atoms with Crippen LogP contribution in [0.1, 0.15) is 24.2 Å². The second kappa shape index (κ2) is 13.4. The van der Waals surface area contributed by atoms with Gasteiger partial charge >= 0.3 is 0 Å². The Morgan fingerprint density at radius 1 is 0.931 bits per heavy atom. The number of ether oxygens (including phenoxy) is 1. The average Bonchev–Trinajstić information content (AvgIpc) is 2.73. The third kappa shape index (κ3) is 9.77. The minimum Gasteiger partial charge on any atom is -0.375 e. The number of carbonyl (C=O) groups is 2. The lowest BCUT2D eigenvalue weighted by atomic mass is 10.2. The van der Waals surface area contributed by atoms with Crippen LogP contribution in [0.2, 0.25) is 0 Å². The van der Waals surface area contributed by atoms with E-state index in [2.05, 4.69) is 25.5 Å². The number of nitrogens with zero attached hydrogens (tertiary/aromatic N) is 3. The number of nitrogens with one attached hydrogen (secondary N) is 2. The molecule has 156 valence electrons. The van der Waals surface area contributed by atoms with E-state index in [0.29, 0.717) is 32.6 Å². The van der Waals surface area contributed by atoms with Crippen molar-refractivity contribution in [2.75, 3.05) is 33.4 Å². The molecule has 0 atom stereocenters. The summed E-state index contributed by atoms with van der Waals surface area (Å²) in [6.45, 7) is 2.97. The SMILES string of the molecule is COCC(=O)NCCNC(=O)CCCN(Cc1ccccn1)Cc1ccccn1. The molecule has 0 fully saturated rings. The monoisotopic (exact) mass is 399 g/mol. The summed E-state index contributed by atoms with van der Waals surface area (Å²) in [5, 5.41) is 5.48. The molecule has 2 aromatic rings. The summed E-state index contributed by atoms with van der Waals surface area (Å²) >= 11 is 0. The maximum absolute atomic E-state index is 12.0. The zero-order valence-electron chi connectivity index (χ0n) is 16.8. The minimum absolute atomic E-state index is 0.0241. The van der Waals surface area contributed by atoms with Crippen LogP contribution in [-0.4, -0.2) is 60.0 Å². The normalized spacial score (nSPS) is 10.7. The molecule has 2 aromatic heterocycles. The van der Waals surface area contributed by atoms with Crippen molar-refractivity contribution in [2.45, 2.75) is 25.9 Å². The fourth-order valence-corrected chi connectivity index (χ4v) is 2.79. The van der Waals surface area contributed by atoms with Gasteiger partial charge in [0.1, 0.15) is 6.61 Å². The van der Waals surface area contributed by atoms with Gasteiger partial charge in [-0.1, -0.05) is 12.1 Å². The van der Waals surface area contributed by atoms with Gasteiger partial charge in [0.05, 0.1) is 11.4 Å². The number of pyridine rings is 2. The summed E-state index contributed by atoms with van der Waals surface area (Å²) in [6, 6.07) is 11.7. The molecule has 29 heavy (non-hydrogen) atoms. The first-order chi connectivity index (χ1) is 14.2. The summed E-state index contributed by atoms with van der Waals surface area (Å²) in [5.41, 5.74) is 1.97. The van der Waals surface area contributed by atoms with Crippen molar-refractivity contribution in [3.63, 3.8) is 0 Å². The van der Waals surface area contributed by atoms with Gasteiger partial charge in [-0.15, -0.1) is 0 Å². The van der Waals surface area contributed by atoms with Gasteiger partial charge < -0.3 is 15.4 Å². The van der Waals surface area contributed by atoms with E-state index in [-0.39, 0.29) is 18.4 Å². The van der Waals surface area contributed by atoms with Gasteiger partial charge in [0.15, 0.2) is 0 Å². The van der Waals surface area contributed by atoms with Gasteiger partial charge in [-0.05, 0) is 37.2 Å². The Bertz CT molecular complexity index is 686. The Labute approximate surface area is 171 Å². The van der Waals surface area contributed by atoms with Crippen LogP contribution in [0.3, 0.4) is 0 Å². The fourth-order valence-electron chi connectivity index (χ4n) is 2.79. The topological polar surface area (TPSA) is 96.5 Å². The van der Waals surface area contributed by atoms with Gasteiger partial charge in [0, 0.05) is 52.1 Å². The summed E-state index contributed by atoms with van der Waals surface area (Å²) < 4.78 is 4.73. The lowest BCUT2D eigenvalue weighted by Gasteiger charge is -2.21. The summed E-state index contributed by atoms with van der Waals surface area (Å²) in [4.78, 5) is 34.3. The minimum atomic E-state index is -0.193. The zero-order chi connectivity index (χ0) is 20.7. The fraction of sp³-hybridized carbons (Fsp3) is 0.429. The van der Waals surface area contributed by atoms with Crippen LogP contribution < -0.4 is 10.6 Å². The van der Waals surface area contributed by atoms with Crippen LogP contribution in [0, 0.1) is 0 Å². The highest BCUT2D eigenvalue weighted by atomic mass is 16.5. The molecule has 0 aliphatic heterocycles. The van der Waals surface area contributed by atoms with E-state index in [1.807, 2.05) is 36.4 Å². The van der Waals surface area contributed by atoms with Crippen LogP contribution >= 0.6 is 0 Å². The summed E-state index contributed by atoms with van der Waals surface area (Å²) in [5.74, 6) is -0.219. The molecular formula is C21H29N5O3. The molecule has 0 saturated carbocycles. The molecule has 0 aliphatic rings. The van der Waals surface area contributed by atoms with Crippen LogP contribution in [0.5, 0.6) is 0 Å². The Balaban J connectivity index is 1.73. The summed E-state index contributed by atoms with van der Waals surface area (Å²) in [6.07, 6.45) is 4.72. The van der Waals surface area contributed by atoms with Crippen molar-refractivity contribution >= 4 is 11.8 Å². The Kier molecular flexibility index (Phi) is 10.3. The lowest BCUT2D eigenvalue weighted by Crippen LogP contribution is -2.36. The number of hydrogen-bond donors (Lipinski definition) is 2. The number of carbonyl (C=O) groups excluding carboxylic acids is 2. The van der Waals surface area contributed by atoms with Gasteiger partial charge in [0.25, 0.3) is 0 Å². The van der Waals surface area contributed by atoms with E-state index in [0.717, 1.165) is 24.4 Å². The largest absolute Gasteiger partial charge is 0.375 e. The van der Waals surface area contributed by atoms with Crippen LogP contribution in [0.25, 0.3) is 0 Å². The molecule has 8 nitrogen and oxygen atoms in total. The van der Waals surface area contributed by atoms with E-state index in [1.54, 1.807) is 12.4 Å². The van der Waals surface area contributed by atoms with Crippen molar-refractivity contribution in [1.82, 2.24) is 25.5 Å². The Morgan fingerprint density at radius 3 is 2.03 bits per heavy atom. The predicted octanol–water partition coefficient (Wildman–Crippen LogP) is 1.14. The second-order valence-electron chi connectivity index (χ2n) is 6.59. The van der Waals surface area contributed by atoms with Gasteiger partial charge in [0.2, 0.25) is 11.8 Å². The highest BCUT2D eigenvalue weighted by Gasteiger charge is 2.10. The van der Waals surface area contributed by atoms with E-state index in [9.17, 15) is 9.59 Å². The lowest BCUT2D eigenvalue weighted by molar-refractivity contribution is -0.125. The molecule has 2 rings (SSSR count). The zero-order valence-corrected chi connectivity index (χ0v) is 16.8. The van der Waals surface area contributed by atoms with Crippen molar-refractivity contribution in [1.29, 1.82) is 0 Å². The highest BCUT2D eigenvalue weighted by Crippen LogP contribution is 2.08. The number of amides is 2. The Morgan fingerprint density at radius 2 is 1.52 bits per heavy atom. The number of aromatic nitrogens is 2. The number of methoxy groups -OCH3 is 1. The maximum Gasteiger partial charge on any atom is 0.246 e. The molecule has 0 radical (unpaired) electrons. The Hall–Kier alpha value is -2.84. The van der Waals surface area contributed by atoms with E-state index < -0.39 is 0 Å². The molecule has 8 heteroatoms. The van der Waals surface area contributed by atoms with Crippen molar-refractivity contribution in [3.8, 4) is 0 Å². The first-order valence-corrected chi connectivity index (χ1v) is 9.72. The van der Waals surface area contributed by atoms with Crippen LogP contribution in [0.15, 0.2) is 48.8 Å². The van der Waals surface area contributed by atoms with E-state index in [1.165, 1.54) is 7.11 Å². The third-order valence-corrected chi connectivity index (χ3v) is 4.15. The molecule has 0 bridgehead atoms. The average molecular weight is 399 g/mol. The molecule has 2 amide bonds. The molecular weight excluding hydrogens is 370 g/mol. The van der Waals surface area contributed by atoms with Crippen molar-refractivity contribution < 1.29 is 14.3 Å². The molecule has 0 unspecified atom stereocenters. The van der Waals surface area contributed by atoms with Crippen LogP contribution in [-0.2, 0) is 27.4 Å². The quantitative estimate of drug-likeness (QED) is 0.490. The van der Waals surface area contributed by atoms with E-state index >= 15 is 0 Å². The van der Waals surface area contributed by atoms with Crippen molar-refractivity contribution in [3.05, 3.63) is 60.2 Å². The van der Waals surface area contributed by atoms with Gasteiger partial charge in [-0.3, -0.25) is 24.5 Å². The first kappa shape index (κ1) is 22.4.